The van der Waals surface area contributed by atoms with Gasteiger partial charge in [-0.1, -0.05) is 0 Å². The van der Waals surface area contributed by atoms with Gasteiger partial charge >= 0.3 is 139 Å². The van der Waals surface area contributed by atoms with E-state index in [1.807, 2.05) is 0 Å². The van der Waals surface area contributed by atoms with Crippen LogP contribution in [0.3, 0.4) is 0 Å². The van der Waals surface area contributed by atoms with Gasteiger partial charge in [0.1, 0.15) is 0 Å². The molecule has 0 aliphatic rings. The Labute approximate surface area is 138 Å². The molecule has 0 spiro atoms. The van der Waals surface area contributed by atoms with E-state index in [-0.39, 0.29) is 40.1 Å². The van der Waals surface area contributed by atoms with Gasteiger partial charge in [0.2, 0.25) is 0 Å². The molecule has 1 rings (SSSR count). The molecule has 2 nitrogen and oxygen atoms in total. The van der Waals surface area contributed by atoms with Gasteiger partial charge in [-0.3, -0.25) is 0 Å². The SMILES string of the molecule is C=C(C/C(=[C](/[Sn+])C(F)(F)F)c1ccc(Cl)cc1)C(=O)OC. The van der Waals surface area contributed by atoms with Crippen molar-refractivity contribution >= 4 is 45.7 Å². The Bertz CT molecular complexity index is 577. The van der Waals surface area contributed by atoms with Gasteiger partial charge in [0, 0.05) is 0 Å². The fourth-order valence-corrected chi connectivity index (χ4v) is 2.38. The summed E-state index contributed by atoms with van der Waals surface area (Å²) >= 11 is 5.95. The number of esters is 1. The van der Waals surface area contributed by atoms with Crippen LogP contribution >= 0.6 is 11.6 Å². The maximum atomic E-state index is 13.0. The average Bonchev–Trinajstić information content (AvgIpc) is 2.43. The Morgan fingerprint density at radius 3 is 2.29 bits per heavy atom. The molecule has 1 aromatic rings. The van der Waals surface area contributed by atoms with Crippen LogP contribution in [0.4, 0.5) is 13.2 Å². The number of halogens is 4. The molecule has 2 radical (unpaired) electrons. The Kier molecular flexibility index (Phi) is 6.34. The first-order chi connectivity index (χ1) is 9.66. The molecular weight excluding hydrogens is 411 g/mol. The summed E-state index contributed by atoms with van der Waals surface area (Å²) in [6.45, 7) is 3.48. The van der Waals surface area contributed by atoms with Gasteiger partial charge in [-0.05, 0) is 0 Å². The molecule has 0 amide bonds. The summed E-state index contributed by atoms with van der Waals surface area (Å²) in [6, 6.07) is 5.96. The van der Waals surface area contributed by atoms with E-state index in [0.717, 1.165) is 7.11 Å². The number of hydrogen-bond donors (Lipinski definition) is 0. The number of hydrogen-bond acceptors (Lipinski definition) is 2. The molecule has 0 saturated heterocycles. The second-order valence-electron chi connectivity index (χ2n) is 4.13. The van der Waals surface area contributed by atoms with Crippen molar-refractivity contribution < 1.29 is 22.7 Å². The van der Waals surface area contributed by atoms with Crippen LogP contribution in [0.25, 0.3) is 5.57 Å². The van der Waals surface area contributed by atoms with Gasteiger partial charge < -0.3 is 0 Å². The summed E-state index contributed by atoms with van der Waals surface area (Å²) in [5, 5.41) is 0.419. The van der Waals surface area contributed by atoms with E-state index in [1.165, 1.54) is 24.3 Å². The van der Waals surface area contributed by atoms with E-state index < -0.39 is 15.7 Å². The summed E-state index contributed by atoms with van der Waals surface area (Å²) in [4.78, 5) is 11.4. The number of carbonyl (C=O) groups is 1. The monoisotopic (exact) mass is 423 g/mol. The summed E-state index contributed by atoms with van der Waals surface area (Å²) < 4.78 is 42.8. The summed E-state index contributed by atoms with van der Waals surface area (Å²) in [5.41, 5.74) is 0.327. The summed E-state index contributed by atoms with van der Waals surface area (Å²) in [5.74, 6) is -0.729. The molecule has 0 bridgehead atoms. The van der Waals surface area contributed by atoms with E-state index in [9.17, 15) is 18.0 Å². The molecular formula is C14H11ClF3O2Sn+. The quantitative estimate of drug-likeness (QED) is 0.418. The van der Waals surface area contributed by atoms with Crippen molar-refractivity contribution in [3.05, 3.63) is 50.6 Å². The third kappa shape index (κ3) is 5.07. The number of benzene rings is 1. The van der Waals surface area contributed by atoms with Gasteiger partial charge in [-0.25, -0.2) is 0 Å². The van der Waals surface area contributed by atoms with Crippen LogP contribution in [-0.4, -0.2) is 41.8 Å². The third-order valence-corrected chi connectivity index (χ3v) is 4.56. The van der Waals surface area contributed by atoms with Gasteiger partial charge in [0.25, 0.3) is 0 Å². The van der Waals surface area contributed by atoms with Crippen molar-refractivity contribution in [1.29, 1.82) is 0 Å². The molecule has 0 fully saturated rings. The van der Waals surface area contributed by atoms with Crippen molar-refractivity contribution in [3.8, 4) is 0 Å². The summed E-state index contributed by atoms with van der Waals surface area (Å²) in [6.07, 6.45) is -4.68. The van der Waals surface area contributed by atoms with E-state index >= 15 is 0 Å². The van der Waals surface area contributed by atoms with Crippen molar-refractivity contribution in [2.24, 2.45) is 0 Å². The second-order valence-corrected chi connectivity index (χ2v) is 5.99. The number of allylic oxidation sites excluding steroid dienone is 2. The van der Waals surface area contributed by atoms with Crippen LogP contribution in [0.1, 0.15) is 12.0 Å². The van der Waals surface area contributed by atoms with Crippen molar-refractivity contribution in [2.75, 3.05) is 7.11 Å². The topological polar surface area (TPSA) is 26.3 Å². The van der Waals surface area contributed by atoms with Gasteiger partial charge in [0.15, 0.2) is 0 Å². The van der Waals surface area contributed by atoms with E-state index in [0.29, 0.717) is 10.6 Å². The fraction of sp³-hybridized carbons (Fsp3) is 0.214. The van der Waals surface area contributed by atoms with Crippen molar-refractivity contribution in [2.45, 2.75) is 12.6 Å². The second kappa shape index (κ2) is 7.35. The van der Waals surface area contributed by atoms with Crippen LogP contribution < -0.4 is 0 Å². The average molecular weight is 422 g/mol. The number of ether oxygens (including phenoxy) is 1. The molecule has 0 N–H and O–H groups in total. The Morgan fingerprint density at radius 1 is 1.33 bits per heavy atom. The predicted molar refractivity (Wildman–Crippen MR) is 76.0 cm³/mol. The Hall–Kier alpha value is -0.951. The molecule has 0 unspecified atom stereocenters. The zero-order valence-electron chi connectivity index (χ0n) is 11.1. The minimum atomic E-state index is -4.45. The first-order valence-electron chi connectivity index (χ1n) is 5.70. The summed E-state index contributed by atoms with van der Waals surface area (Å²) in [7, 11) is 1.15. The molecule has 0 heterocycles. The fourth-order valence-electron chi connectivity index (χ4n) is 1.59. The molecule has 0 saturated carbocycles. The number of methoxy groups -OCH3 is 1. The predicted octanol–water partition coefficient (Wildman–Crippen LogP) is 3.90. The van der Waals surface area contributed by atoms with Gasteiger partial charge in [0.05, 0.1) is 0 Å². The standard InChI is InChI=1S/C14H11ClF3O2.Sn/c1-9(13(19)20-2)7-11(8-14(16,17)18)10-3-5-12(15)6-4-10;/h3-6H,1,7H2,2H3;/q;+1. The number of carbonyl (C=O) groups excluding carboxylic acids is 1. The first kappa shape index (κ1) is 18.1. The number of alkyl halides is 3. The van der Waals surface area contributed by atoms with Gasteiger partial charge in [-0.2, -0.15) is 0 Å². The molecule has 0 atom stereocenters. The molecule has 1 aromatic carbocycles. The normalized spacial score (nSPS) is 12.6. The van der Waals surface area contributed by atoms with Crippen LogP contribution in [0.5, 0.6) is 0 Å². The van der Waals surface area contributed by atoms with Crippen LogP contribution in [0, 0.1) is 0 Å². The Morgan fingerprint density at radius 2 is 1.86 bits per heavy atom. The van der Waals surface area contributed by atoms with Gasteiger partial charge in [-0.15, -0.1) is 0 Å². The third-order valence-electron chi connectivity index (χ3n) is 2.64. The van der Waals surface area contributed by atoms with E-state index in [4.69, 9.17) is 11.6 Å². The molecule has 0 aromatic heterocycles. The Balaban J connectivity index is 3.28. The van der Waals surface area contributed by atoms with Crippen molar-refractivity contribution in [3.63, 3.8) is 0 Å². The first-order valence-corrected chi connectivity index (χ1v) is 7.51. The zero-order valence-corrected chi connectivity index (χ0v) is 14.7. The molecule has 7 heteroatoms. The van der Waals surface area contributed by atoms with Crippen LogP contribution in [0.2, 0.25) is 5.02 Å². The number of rotatable bonds is 4. The van der Waals surface area contributed by atoms with Crippen LogP contribution in [-0.2, 0) is 9.53 Å². The van der Waals surface area contributed by atoms with Crippen molar-refractivity contribution in [1.82, 2.24) is 0 Å². The molecule has 0 aliphatic heterocycles. The minimum absolute atomic E-state index is 0.00719. The maximum absolute atomic E-state index is 13.0. The molecule has 110 valence electrons. The molecule has 0 aliphatic carbocycles. The molecule has 21 heavy (non-hydrogen) atoms. The zero-order chi connectivity index (χ0) is 16.2. The van der Waals surface area contributed by atoms with E-state index in [1.54, 1.807) is 0 Å². The van der Waals surface area contributed by atoms with Crippen LogP contribution in [0.15, 0.2) is 40.0 Å². The van der Waals surface area contributed by atoms with E-state index in [2.05, 4.69) is 11.3 Å².